The summed E-state index contributed by atoms with van der Waals surface area (Å²) in [6.07, 6.45) is 0. The Bertz CT molecular complexity index is 462. The van der Waals surface area contributed by atoms with E-state index in [0.29, 0.717) is 10.8 Å². The number of phenolic OH excluding ortho intramolecular Hbond substituents is 2. The van der Waals surface area contributed by atoms with Crippen LogP contribution in [0, 0.1) is 0 Å². The highest BCUT2D eigenvalue weighted by Gasteiger charge is 2.09. The summed E-state index contributed by atoms with van der Waals surface area (Å²) < 4.78 is 0. The molecule has 4 heteroatoms. The van der Waals surface area contributed by atoms with Gasteiger partial charge in [0.05, 0.1) is 10.0 Å². The molecule has 0 aliphatic rings. The van der Waals surface area contributed by atoms with E-state index in [-0.39, 0.29) is 21.5 Å². The van der Waals surface area contributed by atoms with E-state index in [1.165, 1.54) is 12.1 Å². The third kappa shape index (κ3) is 1.27. The molecule has 0 aromatic heterocycles. The first-order valence-electron chi connectivity index (χ1n) is 3.90. The molecule has 0 aliphatic carbocycles. The van der Waals surface area contributed by atoms with Crippen LogP contribution in [0.5, 0.6) is 11.5 Å². The van der Waals surface area contributed by atoms with Crippen molar-refractivity contribution < 1.29 is 10.2 Å². The second-order valence-corrected chi connectivity index (χ2v) is 3.65. The third-order valence-electron chi connectivity index (χ3n) is 2.03. The third-order valence-corrected chi connectivity index (χ3v) is 2.82. The lowest BCUT2D eigenvalue weighted by molar-refractivity contribution is 0.474. The summed E-state index contributed by atoms with van der Waals surface area (Å²) in [7, 11) is 0. The van der Waals surface area contributed by atoms with Gasteiger partial charge < -0.3 is 10.2 Å². The summed E-state index contributed by atoms with van der Waals surface area (Å²) in [5.74, 6) is 0.00171. The second kappa shape index (κ2) is 3.23. The predicted molar refractivity (Wildman–Crippen MR) is 57.3 cm³/mol. The van der Waals surface area contributed by atoms with Crippen LogP contribution < -0.4 is 0 Å². The van der Waals surface area contributed by atoms with Gasteiger partial charge in [0, 0.05) is 10.8 Å². The maximum absolute atomic E-state index is 9.34. The molecule has 0 heterocycles. The van der Waals surface area contributed by atoms with Crippen LogP contribution in [0.15, 0.2) is 24.3 Å². The Balaban J connectivity index is 2.94. The zero-order chi connectivity index (χ0) is 10.3. The minimum Gasteiger partial charge on any atom is -0.506 e. The largest absolute Gasteiger partial charge is 0.506 e. The number of hydrogen-bond acceptors (Lipinski definition) is 2. The van der Waals surface area contributed by atoms with Crippen molar-refractivity contribution in [3.05, 3.63) is 34.3 Å². The molecule has 0 atom stereocenters. The number of hydrogen-bond donors (Lipinski definition) is 2. The first-order chi connectivity index (χ1) is 6.61. The van der Waals surface area contributed by atoms with E-state index in [1.807, 2.05) is 0 Å². The highest BCUT2D eigenvalue weighted by molar-refractivity contribution is 6.41. The fourth-order valence-electron chi connectivity index (χ4n) is 1.31. The minimum atomic E-state index is 0.000855. The van der Waals surface area contributed by atoms with E-state index in [2.05, 4.69) is 0 Å². The molecule has 0 unspecified atom stereocenters. The SMILES string of the molecule is Oc1ccc2c(Cl)c(O)ccc2c1Cl. The number of aromatic hydroxyl groups is 2. The van der Waals surface area contributed by atoms with Crippen molar-refractivity contribution in [3.8, 4) is 11.5 Å². The number of rotatable bonds is 0. The van der Waals surface area contributed by atoms with Gasteiger partial charge in [0.15, 0.2) is 0 Å². The van der Waals surface area contributed by atoms with Crippen LogP contribution in [0.25, 0.3) is 10.8 Å². The van der Waals surface area contributed by atoms with Crippen molar-refractivity contribution in [2.75, 3.05) is 0 Å². The molecule has 2 aromatic carbocycles. The molecule has 0 spiro atoms. The van der Waals surface area contributed by atoms with E-state index in [1.54, 1.807) is 12.1 Å². The molecule has 0 amide bonds. The molecule has 0 radical (unpaired) electrons. The average Bonchev–Trinajstić information content (AvgIpc) is 2.17. The zero-order valence-corrected chi connectivity index (χ0v) is 8.47. The Morgan fingerprint density at radius 1 is 0.714 bits per heavy atom. The maximum Gasteiger partial charge on any atom is 0.134 e. The molecule has 0 saturated carbocycles. The number of benzene rings is 2. The Labute approximate surface area is 90.3 Å². The Morgan fingerprint density at radius 2 is 1.07 bits per heavy atom. The topological polar surface area (TPSA) is 40.5 Å². The fraction of sp³-hybridized carbons (Fsp3) is 0. The standard InChI is InChI=1S/C10H6Cl2O2/c11-9-5-1-3-7(13)10(12)6(5)2-4-8(9)14/h1-4,13-14H. The van der Waals surface area contributed by atoms with Crippen molar-refractivity contribution in [2.45, 2.75) is 0 Å². The lowest BCUT2D eigenvalue weighted by Gasteiger charge is -2.05. The van der Waals surface area contributed by atoms with Crippen molar-refractivity contribution in [2.24, 2.45) is 0 Å². The molecule has 2 aromatic rings. The molecular formula is C10H6Cl2O2. The quantitative estimate of drug-likeness (QED) is 0.724. The maximum atomic E-state index is 9.34. The van der Waals surface area contributed by atoms with Crippen LogP contribution in [0.1, 0.15) is 0 Å². The molecule has 2 nitrogen and oxygen atoms in total. The molecule has 2 N–H and O–H groups in total. The summed E-state index contributed by atoms with van der Waals surface area (Å²) in [5.41, 5.74) is 0. The normalized spacial score (nSPS) is 10.7. The molecule has 14 heavy (non-hydrogen) atoms. The van der Waals surface area contributed by atoms with Crippen LogP contribution >= 0.6 is 23.2 Å². The van der Waals surface area contributed by atoms with E-state index in [9.17, 15) is 10.2 Å². The molecule has 0 fully saturated rings. The van der Waals surface area contributed by atoms with Gasteiger partial charge in [0.25, 0.3) is 0 Å². The van der Waals surface area contributed by atoms with Gasteiger partial charge in [-0.1, -0.05) is 23.2 Å². The van der Waals surface area contributed by atoms with Crippen molar-refractivity contribution in [1.29, 1.82) is 0 Å². The van der Waals surface area contributed by atoms with Crippen molar-refractivity contribution in [1.82, 2.24) is 0 Å². The van der Waals surface area contributed by atoms with Crippen LogP contribution in [-0.4, -0.2) is 10.2 Å². The fourth-order valence-corrected chi connectivity index (χ4v) is 1.76. The first-order valence-corrected chi connectivity index (χ1v) is 4.65. The lowest BCUT2D eigenvalue weighted by atomic mass is 10.1. The summed E-state index contributed by atoms with van der Waals surface area (Å²) >= 11 is 11.7. The van der Waals surface area contributed by atoms with Gasteiger partial charge in [-0.15, -0.1) is 0 Å². The monoisotopic (exact) mass is 228 g/mol. The molecular weight excluding hydrogens is 223 g/mol. The van der Waals surface area contributed by atoms with Crippen LogP contribution in [0.3, 0.4) is 0 Å². The molecule has 0 aliphatic heterocycles. The number of fused-ring (bicyclic) bond motifs is 1. The highest BCUT2D eigenvalue weighted by atomic mass is 35.5. The molecule has 72 valence electrons. The average molecular weight is 229 g/mol. The highest BCUT2D eigenvalue weighted by Crippen LogP contribution is 2.38. The summed E-state index contributed by atoms with van der Waals surface area (Å²) in [5, 5.41) is 20.4. The predicted octanol–water partition coefficient (Wildman–Crippen LogP) is 3.56. The van der Waals surface area contributed by atoms with E-state index < -0.39 is 0 Å². The minimum absolute atomic E-state index is 0.000855. The van der Waals surface area contributed by atoms with Gasteiger partial charge in [-0.25, -0.2) is 0 Å². The summed E-state index contributed by atoms with van der Waals surface area (Å²) in [4.78, 5) is 0. The Hall–Kier alpha value is -1.12. The van der Waals surface area contributed by atoms with E-state index in [4.69, 9.17) is 23.2 Å². The first kappa shape index (κ1) is 9.44. The zero-order valence-electron chi connectivity index (χ0n) is 6.96. The van der Waals surface area contributed by atoms with Gasteiger partial charge in [-0.3, -0.25) is 0 Å². The molecule has 0 saturated heterocycles. The van der Waals surface area contributed by atoms with Crippen LogP contribution in [0.4, 0.5) is 0 Å². The van der Waals surface area contributed by atoms with E-state index in [0.717, 1.165) is 0 Å². The van der Waals surface area contributed by atoms with Gasteiger partial charge in [0.1, 0.15) is 11.5 Å². The van der Waals surface area contributed by atoms with E-state index >= 15 is 0 Å². The smallest absolute Gasteiger partial charge is 0.134 e. The summed E-state index contributed by atoms with van der Waals surface area (Å²) in [6, 6.07) is 6.10. The van der Waals surface area contributed by atoms with Crippen LogP contribution in [-0.2, 0) is 0 Å². The molecule has 0 bridgehead atoms. The number of phenols is 2. The van der Waals surface area contributed by atoms with Crippen molar-refractivity contribution in [3.63, 3.8) is 0 Å². The number of halogens is 2. The van der Waals surface area contributed by atoms with Gasteiger partial charge in [-0.05, 0) is 24.3 Å². The van der Waals surface area contributed by atoms with Gasteiger partial charge in [0.2, 0.25) is 0 Å². The Kier molecular flexibility index (Phi) is 2.17. The molecule has 2 rings (SSSR count). The van der Waals surface area contributed by atoms with Gasteiger partial charge in [-0.2, -0.15) is 0 Å². The van der Waals surface area contributed by atoms with Crippen LogP contribution in [0.2, 0.25) is 10.0 Å². The Morgan fingerprint density at radius 3 is 1.43 bits per heavy atom. The van der Waals surface area contributed by atoms with Gasteiger partial charge >= 0.3 is 0 Å². The lowest BCUT2D eigenvalue weighted by Crippen LogP contribution is -1.78. The van der Waals surface area contributed by atoms with Crippen molar-refractivity contribution >= 4 is 34.0 Å². The summed E-state index contributed by atoms with van der Waals surface area (Å²) in [6.45, 7) is 0. The second-order valence-electron chi connectivity index (χ2n) is 2.89.